The van der Waals surface area contributed by atoms with Crippen LogP contribution in [0, 0.1) is 0 Å². The van der Waals surface area contributed by atoms with Crippen molar-refractivity contribution in [3.8, 4) is 0 Å². The van der Waals surface area contributed by atoms with Crippen LogP contribution in [0.5, 0.6) is 0 Å². The third-order valence-corrected chi connectivity index (χ3v) is 2.19. The summed E-state index contributed by atoms with van der Waals surface area (Å²) in [4.78, 5) is 4.05. The predicted molar refractivity (Wildman–Crippen MR) is 42.5 cm³/mol. The van der Waals surface area contributed by atoms with E-state index in [0.717, 1.165) is 24.1 Å². The second-order valence-corrected chi connectivity index (χ2v) is 3.12. The van der Waals surface area contributed by atoms with E-state index in [-0.39, 0.29) is 0 Å². The lowest BCUT2D eigenvalue weighted by Gasteiger charge is -2.01. The Morgan fingerprint density at radius 1 is 1.55 bits per heavy atom. The molecule has 0 amide bonds. The summed E-state index contributed by atoms with van der Waals surface area (Å²) >= 11 is 5.67. The quantitative estimate of drug-likeness (QED) is 0.600. The lowest BCUT2D eigenvalue weighted by Crippen LogP contribution is -1.94. The van der Waals surface area contributed by atoms with E-state index in [2.05, 4.69) is 4.98 Å². The van der Waals surface area contributed by atoms with Crippen LogP contribution in [-0.4, -0.2) is 10.1 Å². The van der Waals surface area contributed by atoms with Crippen molar-refractivity contribution >= 4 is 11.6 Å². The predicted octanol–water partition coefficient (Wildman–Crippen LogP) is 1.71. The molecule has 58 valence electrons. The van der Waals surface area contributed by atoms with Crippen LogP contribution in [0.3, 0.4) is 0 Å². The van der Waals surface area contributed by atoms with Gasteiger partial charge in [-0.1, -0.05) is 17.7 Å². The van der Waals surface area contributed by atoms with Gasteiger partial charge in [0.15, 0.2) is 0 Å². The van der Waals surface area contributed by atoms with Crippen LogP contribution in [0.25, 0.3) is 0 Å². The van der Waals surface area contributed by atoms with Gasteiger partial charge in [-0.25, -0.2) is 4.98 Å². The zero-order valence-electron chi connectivity index (χ0n) is 5.92. The van der Waals surface area contributed by atoms with Gasteiger partial charge in [0.1, 0.15) is 5.15 Å². The summed E-state index contributed by atoms with van der Waals surface area (Å²) in [5, 5.41) is 9.85. The molecule has 1 N–H and O–H groups in total. The average molecular weight is 170 g/mol. The molecular weight excluding hydrogens is 162 g/mol. The van der Waals surface area contributed by atoms with Crippen molar-refractivity contribution in [2.45, 2.75) is 18.9 Å². The van der Waals surface area contributed by atoms with E-state index >= 15 is 0 Å². The lowest BCUT2D eigenvalue weighted by molar-refractivity contribution is 0.176. The van der Waals surface area contributed by atoms with E-state index in [9.17, 15) is 5.11 Å². The van der Waals surface area contributed by atoms with Gasteiger partial charge in [-0.2, -0.15) is 0 Å². The Morgan fingerprint density at radius 3 is 3.18 bits per heavy atom. The van der Waals surface area contributed by atoms with Gasteiger partial charge in [0, 0.05) is 0 Å². The van der Waals surface area contributed by atoms with Crippen molar-refractivity contribution in [1.82, 2.24) is 4.98 Å². The summed E-state index contributed by atoms with van der Waals surface area (Å²) in [7, 11) is 0. The lowest BCUT2D eigenvalue weighted by atomic mass is 10.2. The maximum Gasteiger partial charge on any atom is 0.129 e. The molecule has 1 heterocycles. The standard InChI is InChI=1S/C8H8ClNO/c9-7-4-2-5-1-3-6(11)8(5)10-7/h2,4,6,11H,1,3H2/t6-/m1/s1. The second kappa shape index (κ2) is 2.47. The van der Waals surface area contributed by atoms with Crippen molar-refractivity contribution in [3.05, 3.63) is 28.5 Å². The molecule has 1 atom stereocenters. The summed E-state index contributed by atoms with van der Waals surface area (Å²) in [6.45, 7) is 0. The van der Waals surface area contributed by atoms with Crippen molar-refractivity contribution < 1.29 is 5.11 Å². The molecule has 1 aliphatic carbocycles. The highest BCUT2D eigenvalue weighted by atomic mass is 35.5. The minimum absolute atomic E-state index is 0.399. The fraction of sp³-hybridized carbons (Fsp3) is 0.375. The normalized spacial score (nSPS) is 21.8. The zero-order valence-corrected chi connectivity index (χ0v) is 6.67. The molecule has 1 aromatic rings. The van der Waals surface area contributed by atoms with Crippen molar-refractivity contribution in [1.29, 1.82) is 0 Å². The van der Waals surface area contributed by atoms with Gasteiger partial charge >= 0.3 is 0 Å². The van der Waals surface area contributed by atoms with Gasteiger partial charge in [-0.05, 0) is 24.5 Å². The highest BCUT2D eigenvalue weighted by Gasteiger charge is 2.21. The highest BCUT2D eigenvalue weighted by Crippen LogP contribution is 2.29. The van der Waals surface area contributed by atoms with Gasteiger partial charge in [0.25, 0.3) is 0 Å². The first kappa shape index (κ1) is 7.07. The second-order valence-electron chi connectivity index (χ2n) is 2.73. The molecule has 0 aromatic carbocycles. The molecule has 1 aromatic heterocycles. The molecule has 3 heteroatoms. The minimum Gasteiger partial charge on any atom is -0.387 e. The number of aliphatic hydroxyl groups excluding tert-OH is 1. The molecule has 2 nitrogen and oxygen atoms in total. The Labute approximate surface area is 69.8 Å². The van der Waals surface area contributed by atoms with Crippen LogP contribution in [0.1, 0.15) is 23.8 Å². The van der Waals surface area contributed by atoms with Crippen LogP contribution in [0.4, 0.5) is 0 Å². The third-order valence-electron chi connectivity index (χ3n) is 1.98. The number of halogens is 1. The fourth-order valence-corrected chi connectivity index (χ4v) is 1.56. The molecular formula is C8H8ClNO. The SMILES string of the molecule is O[C@@H]1CCc2ccc(Cl)nc21. The van der Waals surface area contributed by atoms with E-state index in [1.807, 2.05) is 6.07 Å². The maximum atomic E-state index is 9.38. The van der Waals surface area contributed by atoms with Gasteiger partial charge in [0.05, 0.1) is 11.8 Å². The Bertz CT molecular complexity index is 287. The highest BCUT2D eigenvalue weighted by molar-refractivity contribution is 6.29. The number of rotatable bonds is 0. The van der Waals surface area contributed by atoms with Crippen LogP contribution in [0.15, 0.2) is 12.1 Å². The Kier molecular flexibility index (Phi) is 1.59. The minimum atomic E-state index is -0.399. The largest absolute Gasteiger partial charge is 0.387 e. The summed E-state index contributed by atoms with van der Waals surface area (Å²) < 4.78 is 0. The number of aryl methyl sites for hydroxylation is 1. The first-order valence-corrected chi connectivity index (χ1v) is 3.98. The number of hydrogen-bond acceptors (Lipinski definition) is 2. The molecule has 0 saturated heterocycles. The number of fused-ring (bicyclic) bond motifs is 1. The number of nitrogens with zero attached hydrogens (tertiary/aromatic N) is 1. The molecule has 0 bridgehead atoms. The topological polar surface area (TPSA) is 33.1 Å². The van der Waals surface area contributed by atoms with Crippen LogP contribution in [0.2, 0.25) is 5.15 Å². The van der Waals surface area contributed by atoms with Crippen molar-refractivity contribution in [2.75, 3.05) is 0 Å². The van der Waals surface area contributed by atoms with E-state index in [4.69, 9.17) is 11.6 Å². The summed E-state index contributed by atoms with van der Waals surface area (Å²) in [6.07, 6.45) is 1.30. The summed E-state index contributed by atoms with van der Waals surface area (Å²) in [5.41, 5.74) is 1.89. The monoisotopic (exact) mass is 169 g/mol. The fourth-order valence-electron chi connectivity index (χ4n) is 1.41. The van der Waals surface area contributed by atoms with E-state index in [1.54, 1.807) is 6.07 Å². The first-order valence-electron chi connectivity index (χ1n) is 3.61. The average Bonchev–Trinajstić information content (AvgIpc) is 2.33. The van der Waals surface area contributed by atoms with Gasteiger partial charge in [0.2, 0.25) is 0 Å². The van der Waals surface area contributed by atoms with E-state index in [1.165, 1.54) is 0 Å². The van der Waals surface area contributed by atoms with E-state index < -0.39 is 6.10 Å². The zero-order chi connectivity index (χ0) is 7.84. The summed E-state index contributed by atoms with van der Waals surface area (Å²) in [6, 6.07) is 3.69. The smallest absolute Gasteiger partial charge is 0.129 e. The maximum absolute atomic E-state index is 9.38. The van der Waals surface area contributed by atoms with E-state index in [0.29, 0.717) is 5.15 Å². The number of aliphatic hydroxyl groups is 1. The van der Waals surface area contributed by atoms with Gasteiger partial charge < -0.3 is 5.11 Å². The van der Waals surface area contributed by atoms with Crippen LogP contribution >= 0.6 is 11.6 Å². The first-order chi connectivity index (χ1) is 5.27. The molecule has 0 spiro atoms. The number of pyridine rings is 1. The molecule has 11 heavy (non-hydrogen) atoms. The Morgan fingerprint density at radius 2 is 2.36 bits per heavy atom. The molecule has 0 fully saturated rings. The third kappa shape index (κ3) is 1.12. The van der Waals surface area contributed by atoms with Gasteiger partial charge in [-0.3, -0.25) is 0 Å². The Balaban J connectivity index is 2.52. The van der Waals surface area contributed by atoms with Gasteiger partial charge in [-0.15, -0.1) is 0 Å². The number of hydrogen-bond donors (Lipinski definition) is 1. The number of aromatic nitrogens is 1. The van der Waals surface area contributed by atoms with Crippen molar-refractivity contribution in [3.63, 3.8) is 0 Å². The van der Waals surface area contributed by atoms with Crippen LogP contribution in [-0.2, 0) is 6.42 Å². The molecule has 0 unspecified atom stereocenters. The molecule has 2 rings (SSSR count). The molecule has 0 aliphatic heterocycles. The molecule has 1 aliphatic rings. The molecule has 0 radical (unpaired) electrons. The molecule has 0 saturated carbocycles. The van der Waals surface area contributed by atoms with Crippen molar-refractivity contribution in [2.24, 2.45) is 0 Å². The Hall–Kier alpha value is -0.600. The van der Waals surface area contributed by atoms with Crippen LogP contribution < -0.4 is 0 Å². The summed E-state index contributed by atoms with van der Waals surface area (Å²) in [5.74, 6) is 0.